The van der Waals surface area contributed by atoms with E-state index in [0.29, 0.717) is 29.1 Å². The Hall–Kier alpha value is -0.140. The summed E-state index contributed by atoms with van der Waals surface area (Å²) in [5.74, 6) is 0.724. The normalized spacial score (nSPS) is 25.6. The van der Waals surface area contributed by atoms with E-state index in [2.05, 4.69) is 6.92 Å². The Labute approximate surface area is 123 Å². The van der Waals surface area contributed by atoms with E-state index in [-0.39, 0.29) is 6.10 Å². The molecule has 108 valence electrons. The number of sulfonamides is 1. The SMILES string of the molecule is COC1CN(S(=O)(=O)c2cc(CCl)cs2)CCC1C. The first-order valence-corrected chi connectivity index (χ1v) is 9.00. The van der Waals surface area contributed by atoms with Gasteiger partial charge < -0.3 is 4.74 Å². The number of methoxy groups -OCH3 is 1. The van der Waals surface area contributed by atoms with Crippen molar-refractivity contribution < 1.29 is 13.2 Å². The molecule has 7 heteroatoms. The largest absolute Gasteiger partial charge is 0.380 e. The van der Waals surface area contributed by atoms with Gasteiger partial charge in [-0.25, -0.2) is 8.42 Å². The zero-order valence-electron chi connectivity index (χ0n) is 11.0. The molecule has 1 aliphatic rings. The quantitative estimate of drug-likeness (QED) is 0.800. The maximum absolute atomic E-state index is 12.5. The van der Waals surface area contributed by atoms with Crippen molar-refractivity contribution in [3.63, 3.8) is 0 Å². The van der Waals surface area contributed by atoms with E-state index in [1.165, 1.54) is 15.6 Å². The lowest BCUT2D eigenvalue weighted by molar-refractivity contribution is 0.0184. The van der Waals surface area contributed by atoms with Crippen molar-refractivity contribution in [1.82, 2.24) is 4.31 Å². The highest BCUT2D eigenvalue weighted by molar-refractivity contribution is 7.91. The van der Waals surface area contributed by atoms with E-state index in [1.54, 1.807) is 18.6 Å². The van der Waals surface area contributed by atoms with Crippen LogP contribution in [0.2, 0.25) is 0 Å². The molecule has 2 atom stereocenters. The highest BCUT2D eigenvalue weighted by atomic mass is 35.5. The summed E-state index contributed by atoms with van der Waals surface area (Å²) in [6, 6.07) is 1.66. The fourth-order valence-corrected chi connectivity index (χ4v) is 5.29. The minimum absolute atomic E-state index is 0.0315. The second-order valence-electron chi connectivity index (χ2n) is 4.81. The number of nitrogens with zero attached hydrogens (tertiary/aromatic N) is 1. The lowest BCUT2D eigenvalue weighted by Crippen LogP contribution is -2.46. The van der Waals surface area contributed by atoms with Crippen molar-refractivity contribution in [2.45, 2.75) is 29.5 Å². The molecule has 0 amide bonds. The summed E-state index contributed by atoms with van der Waals surface area (Å²) >= 11 is 6.95. The minimum Gasteiger partial charge on any atom is -0.380 e. The molecule has 2 heterocycles. The van der Waals surface area contributed by atoms with Crippen LogP contribution >= 0.6 is 22.9 Å². The number of thiophene rings is 1. The zero-order valence-corrected chi connectivity index (χ0v) is 13.4. The molecule has 1 aliphatic heterocycles. The summed E-state index contributed by atoms with van der Waals surface area (Å²) in [6.45, 7) is 3.07. The maximum Gasteiger partial charge on any atom is 0.252 e. The van der Waals surface area contributed by atoms with Gasteiger partial charge in [-0.1, -0.05) is 6.92 Å². The molecule has 1 saturated heterocycles. The van der Waals surface area contributed by atoms with Crippen molar-refractivity contribution in [3.05, 3.63) is 17.0 Å². The predicted molar refractivity (Wildman–Crippen MR) is 77.2 cm³/mol. The van der Waals surface area contributed by atoms with Crippen LogP contribution in [0.15, 0.2) is 15.7 Å². The number of alkyl halides is 1. The van der Waals surface area contributed by atoms with Crippen molar-refractivity contribution in [3.8, 4) is 0 Å². The third kappa shape index (κ3) is 3.13. The van der Waals surface area contributed by atoms with Gasteiger partial charge in [0.25, 0.3) is 10.0 Å². The molecule has 0 aliphatic carbocycles. The first kappa shape index (κ1) is 15.3. The van der Waals surface area contributed by atoms with Crippen LogP contribution in [0.5, 0.6) is 0 Å². The molecule has 1 aromatic rings. The topological polar surface area (TPSA) is 46.6 Å². The van der Waals surface area contributed by atoms with Crippen LogP contribution in [-0.2, 0) is 20.6 Å². The molecule has 0 radical (unpaired) electrons. The molecule has 19 heavy (non-hydrogen) atoms. The molecule has 0 saturated carbocycles. The van der Waals surface area contributed by atoms with E-state index in [1.807, 2.05) is 0 Å². The maximum atomic E-state index is 12.5. The van der Waals surface area contributed by atoms with Gasteiger partial charge in [-0.05, 0) is 29.3 Å². The van der Waals surface area contributed by atoms with Crippen molar-refractivity contribution in [1.29, 1.82) is 0 Å². The van der Waals surface area contributed by atoms with E-state index in [0.717, 1.165) is 12.0 Å². The lowest BCUT2D eigenvalue weighted by Gasteiger charge is -2.35. The van der Waals surface area contributed by atoms with E-state index >= 15 is 0 Å². The highest BCUT2D eigenvalue weighted by Gasteiger charge is 2.34. The van der Waals surface area contributed by atoms with Gasteiger partial charge in [0, 0.05) is 26.1 Å². The van der Waals surface area contributed by atoms with Gasteiger partial charge in [-0.15, -0.1) is 22.9 Å². The summed E-state index contributed by atoms with van der Waals surface area (Å²) < 4.78 is 32.3. The molecule has 0 N–H and O–H groups in total. The van der Waals surface area contributed by atoms with Gasteiger partial charge >= 0.3 is 0 Å². The Bertz CT molecular complexity index is 529. The first-order valence-electron chi connectivity index (χ1n) is 6.15. The Morgan fingerprint density at radius 1 is 1.58 bits per heavy atom. The number of rotatable bonds is 4. The van der Waals surface area contributed by atoms with Gasteiger partial charge in [0.1, 0.15) is 4.21 Å². The molecule has 4 nitrogen and oxygen atoms in total. The van der Waals surface area contributed by atoms with Gasteiger partial charge in [0.15, 0.2) is 0 Å². The Morgan fingerprint density at radius 3 is 2.89 bits per heavy atom. The highest BCUT2D eigenvalue weighted by Crippen LogP contribution is 2.29. The van der Waals surface area contributed by atoms with Crippen molar-refractivity contribution in [2.75, 3.05) is 20.2 Å². The molecular weight excluding hydrogens is 306 g/mol. The molecule has 1 fully saturated rings. The van der Waals surface area contributed by atoms with Gasteiger partial charge in [-0.3, -0.25) is 0 Å². The lowest BCUT2D eigenvalue weighted by atomic mass is 9.97. The second kappa shape index (κ2) is 6.10. The molecule has 0 bridgehead atoms. The van der Waals surface area contributed by atoms with Crippen LogP contribution in [0.3, 0.4) is 0 Å². The van der Waals surface area contributed by atoms with Crippen LogP contribution in [0.1, 0.15) is 18.9 Å². The van der Waals surface area contributed by atoms with Gasteiger partial charge in [-0.2, -0.15) is 4.31 Å². The fraction of sp³-hybridized carbons (Fsp3) is 0.667. The Kier molecular flexibility index (Phi) is 4.89. The Morgan fingerprint density at radius 2 is 2.32 bits per heavy atom. The third-order valence-electron chi connectivity index (χ3n) is 3.53. The number of piperidine rings is 1. The van der Waals surface area contributed by atoms with Gasteiger partial charge in [0.2, 0.25) is 0 Å². The summed E-state index contributed by atoms with van der Waals surface area (Å²) in [7, 11) is -1.77. The van der Waals surface area contributed by atoms with Crippen LogP contribution in [0, 0.1) is 5.92 Å². The number of halogens is 1. The summed E-state index contributed by atoms with van der Waals surface area (Å²) in [5, 5.41) is 1.79. The van der Waals surface area contributed by atoms with E-state index in [4.69, 9.17) is 16.3 Å². The summed E-state index contributed by atoms with van der Waals surface area (Å²) in [5.41, 5.74) is 0.846. The predicted octanol–water partition coefficient (Wildman–Crippen LogP) is 2.53. The third-order valence-corrected chi connectivity index (χ3v) is 7.17. The smallest absolute Gasteiger partial charge is 0.252 e. The van der Waals surface area contributed by atoms with E-state index in [9.17, 15) is 8.42 Å². The molecular formula is C12H18ClNO3S2. The standard InChI is InChI=1S/C12H18ClNO3S2/c1-9-3-4-14(7-11(9)17-2)19(15,16)12-5-10(6-13)8-18-12/h5,8-9,11H,3-4,6-7H2,1-2H3. The monoisotopic (exact) mass is 323 g/mol. The van der Waals surface area contributed by atoms with Crippen molar-refractivity contribution in [2.24, 2.45) is 5.92 Å². The van der Waals surface area contributed by atoms with Gasteiger partial charge in [0.05, 0.1) is 6.10 Å². The van der Waals surface area contributed by atoms with Crippen LogP contribution in [0.25, 0.3) is 0 Å². The molecule has 1 aromatic heterocycles. The first-order chi connectivity index (χ1) is 8.98. The second-order valence-corrected chi connectivity index (χ2v) is 8.15. The van der Waals surface area contributed by atoms with Crippen molar-refractivity contribution >= 4 is 33.0 Å². The van der Waals surface area contributed by atoms with Crippen LogP contribution in [-0.4, -0.2) is 39.0 Å². The fourth-order valence-electron chi connectivity index (χ4n) is 2.22. The number of hydrogen-bond donors (Lipinski definition) is 0. The molecule has 2 unspecified atom stereocenters. The van der Waals surface area contributed by atoms with Crippen LogP contribution < -0.4 is 0 Å². The average Bonchev–Trinajstić information content (AvgIpc) is 2.88. The summed E-state index contributed by atoms with van der Waals surface area (Å²) in [6.07, 6.45) is 0.793. The molecule has 2 rings (SSSR count). The number of ether oxygens (including phenoxy) is 1. The molecule has 0 spiro atoms. The summed E-state index contributed by atoms with van der Waals surface area (Å²) in [4.78, 5) is 0. The zero-order chi connectivity index (χ0) is 14.0. The van der Waals surface area contributed by atoms with E-state index < -0.39 is 10.0 Å². The minimum atomic E-state index is -3.40. The molecule has 0 aromatic carbocycles. The number of hydrogen-bond acceptors (Lipinski definition) is 4. The van der Waals surface area contributed by atoms with Crippen LogP contribution in [0.4, 0.5) is 0 Å². The average molecular weight is 324 g/mol. The Balaban J connectivity index is 2.20.